The van der Waals surface area contributed by atoms with Crippen LogP contribution in [0.3, 0.4) is 0 Å². The first-order valence-electron chi connectivity index (χ1n) is 10.7. The minimum absolute atomic E-state index is 0.127. The molecule has 0 aliphatic heterocycles. The average Bonchev–Trinajstić information content (AvgIpc) is 2.83. The van der Waals surface area contributed by atoms with E-state index in [9.17, 15) is 27.6 Å². The number of ether oxygens (including phenoxy) is 2. The minimum atomic E-state index is -4.55. The molecule has 0 atom stereocenters. The number of rotatable bonds is 5. The second-order valence-corrected chi connectivity index (χ2v) is 7.90. The molecule has 0 bridgehead atoms. The number of hydrogen-bond donors (Lipinski definition) is 1. The van der Waals surface area contributed by atoms with Gasteiger partial charge >= 0.3 is 6.18 Å². The third-order valence-corrected chi connectivity index (χ3v) is 5.77. The van der Waals surface area contributed by atoms with Gasteiger partial charge in [0.15, 0.2) is 5.78 Å². The van der Waals surface area contributed by atoms with Gasteiger partial charge in [-0.05, 0) is 55.3 Å². The van der Waals surface area contributed by atoms with Crippen molar-refractivity contribution in [2.45, 2.75) is 25.4 Å². The average molecular weight is 486 g/mol. The van der Waals surface area contributed by atoms with Crippen molar-refractivity contribution < 1.29 is 32.2 Å². The third kappa shape index (κ3) is 4.64. The van der Waals surface area contributed by atoms with Crippen molar-refractivity contribution in [1.82, 2.24) is 4.57 Å². The number of methoxy groups -OCH3 is 2. The van der Waals surface area contributed by atoms with Crippen molar-refractivity contribution in [3.05, 3.63) is 81.3 Å². The minimum Gasteiger partial charge on any atom is -0.497 e. The molecule has 0 fully saturated rings. The maximum absolute atomic E-state index is 13.5. The van der Waals surface area contributed by atoms with Crippen molar-refractivity contribution in [1.29, 1.82) is 0 Å². The molecule has 0 radical (unpaired) electrons. The zero-order valence-corrected chi connectivity index (χ0v) is 18.9. The van der Waals surface area contributed by atoms with Gasteiger partial charge in [0.1, 0.15) is 17.1 Å². The van der Waals surface area contributed by atoms with Crippen LogP contribution in [-0.4, -0.2) is 30.5 Å². The summed E-state index contributed by atoms with van der Waals surface area (Å²) < 4.78 is 50.7. The number of halogens is 3. The quantitative estimate of drug-likeness (QED) is 0.568. The van der Waals surface area contributed by atoms with Gasteiger partial charge in [0.05, 0.1) is 25.5 Å². The number of aromatic nitrogens is 1. The van der Waals surface area contributed by atoms with Crippen LogP contribution in [0.2, 0.25) is 0 Å². The number of benzene rings is 2. The number of ketones is 1. The second-order valence-electron chi connectivity index (χ2n) is 7.90. The van der Waals surface area contributed by atoms with Crippen LogP contribution < -0.4 is 20.3 Å². The van der Waals surface area contributed by atoms with Gasteiger partial charge in [-0.3, -0.25) is 19.0 Å². The van der Waals surface area contributed by atoms with Crippen molar-refractivity contribution in [2.75, 3.05) is 19.5 Å². The Morgan fingerprint density at radius 3 is 2.31 bits per heavy atom. The van der Waals surface area contributed by atoms with Crippen molar-refractivity contribution in [3.8, 4) is 17.2 Å². The van der Waals surface area contributed by atoms with Crippen LogP contribution >= 0.6 is 0 Å². The molecule has 10 heteroatoms. The van der Waals surface area contributed by atoms with Crippen LogP contribution in [0.4, 0.5) is 18.9 Å². The van der Waals surface area contributed by atoms with E-state index in [0.717, 1.165) is 28.8 Å². The molecule has 1 aromatic heterocycles. The van der Waals surface area contributed by atoms with E-state index in [4.69, 9.17) is 9.47 Å². The summed E-state index contributed by atoms with van der Waals surface area (Å²) in [5.41, 5.74) is -1.04. The van der Waals surface area contributed by atoms with Gasteiger partial charge in [0.25, 0.3) is 11.5 Å². The van der Waals surface area contributed by atoms with Crippen LogP contribution in [0.5, 0.6) is 11.5 Å². The Hall–Kier alpha value is -4.08. The Kier molecular flexibility index (Phi) is 6.38. The molecule has 1 aliphatic carbocycles. The highest BCUT2D eigenvalue weighted by atomic mass is 19.4. The number of Topliss-reactive ketones (excluding diaryl/α,β-unsaturated/α-hetero) is 1. The highest BCUT2D eigenvalue weighted by molar-refractivity contribution is 6.07. The molecule has 35 heavy (non-hydrogen) atoms. The molecule has 4 rings (SSSR count). The fourth-order valence-electron chi connectivity index (χ4n) is 4.03. The van der Waals surface area contributed by atoms with E-state index in [2.05, 4.69) is 5.32 Å². The van der Waals surface area contributed by atoms with Gasteiger partial charge in [-0.15, -0.1) is 0 Å². The number of carbonyl (C=O) groups excluding carboxylic acids is 2. The summed E-state index contributed by atoms with van der Waals surface area (Å²) in [5.74, 6) is -0.302. The Morgan fingerprint density at radius 2 is 1.69 bits per heavy atom. The van der Waals surface area contributed by atoms with Crippen molar-refractivity contribution in [2.24, 2.45) is 0 Å². The molecule has 1 N–H and O–H groups in total. The lowest BCUT2D eigenvalue weighted by Crippen LogP contribution is -2.33. The standard InChI is InChI=1S/C25H21F3N2O5/c1-34-16-10-11-22(35-2)19(12-16)29-23(32)18-13-17-20(4-3-5-21(17)31)30(24(18)33)15-8-6-14(7-9-15)25(26,27)28/h6-13H,3-5H2,1-2H3,(H,29,32). The highest BCUT2D eigenvalue weighted by Gasteiger charge is 2.31. The van der Waals surface area contributed by atoms with Gasteiger partial charge < -0.3 is 14.8 Å². The first-order chi connectivity index (χ1) is 16.6. The molecule has 0 saturated carbocycles. The smallest absolute Gasteiger partial charge is 0.416 e. The monoisotopic (exact) mass is 486 g/mol. The lowest BCUT2D eigenvalue weighted by Gasteiger charge is -2.22. The molecule has 0 spiro atoms. The maximum Gasteiger partial charge on any atom is 0.416 e. The number of amides is 1. The summed E-state index contributed by atoms with van der Waals surface area (Å²) in [5, 5.41) is 2.61. The van der Waals surface area contributed by atoms with Gasteiger partial charge in [0.2, 0.25) is 0 Å². The molecule has 1 amide bonds. The van der Waals surface area contributed by atoms with Gasteiger partial charge in [-0.1, -0.05) is 0 Å². The number of nitrogens with one attached hydrogen (secondary N) is 1. The fraction of sp³-hybridized carbons (Fsp3) is 0.240. The number of anilines is 1. The van der Waals surface area contributed by atoms with Gasteiger partial charge in [0, 0.05) is 29.4 Å². The number of alkyl halides is 3. The second kappa shape index (κ2) is 9.28. The summed E-state index contributed by atoms with van der Waals surface area (Å²) in [6, 6.07) is 9.97. The van der Waals surface area contributed by atoms with E-state index < -0.39 is 23.2 Å². The number of carbonyl (C=O) groups is 2. The summed E-state index contributed by atoms with van der Waals surface area (Å²) in [6.07, 6.45) is -3.46. The molecular formula is C25H21F3N2O5. The molecule has 0 unspecified atom stereocenters. The van der Waals surface area contributed by atoms with Crippen LogP contribution in [0.15, 0.2) is 53.3 Å². The molecule has 2 aromatic carbocycles. The normalized spacial score (nSPS) is 13.2. The number of nitrogens with zero attached hydrogens (tertiary/aromatic N) is 1. The van der Waals surface area contributed by atoms with E-state index in [1.165, 1.54) is 26.4 Å². The maximum atomic E-state index is 13.5. The summed E-state index contributed by atoms with van der Waals surface area (Å²) in [6.45, 7) is 0. The predicted molar refractivity (Wildman–Crippen MR) is 122 cm³/mol. The summed E-state index contributed by atoms with van der Waals surface area (Å²) in [4.78, 5) is 39.3. The Morgan fingerprint density at radius 1 is 0.971 bits per heavy atom. The SMILES string of the molecule is COc1ccc(OC)c(NC(=O)c2cc3c(n(-c4ccc(C(F)(F)F)cc4)c2=O)CCCC3=O)c1. The third-order valence-electron chi connectivity index (χ3n) is 5.77. The zero-order valence-electron chi connectivity index (χ0n) is 18.9. The number of pyridine rings is 1. The van der Waals surface area contributed by atoms with E-state index in [-0.39, 0.29) is 34.7 Å². The first kappa shape index (κ1) is 24.1. The first-order valence-corrected chi connectivity index (χ1v) is 10.7. The largest absolute Gasteiger partial charge is 0.497 e. The molecule has 182 valence electrons. The molecular weight excluding hydrogens is 465 g/mol. The summed E-state index contributed by atoms with van der Waals surface area (Å²) in [7, 11) is 2.86. The highest BCUT2D eigenvalue weighted by Crippen LogP contribution is 2.31. The molecule has 7 nitrogen and oxygen atoms in total. The van der Waals surface area contributed by atoms with E-state index in [1.54, 1.807) is 12.1 Å². The molecule has 0 saturated heterocycles. The lowest BCUT2D eigenvalue weighted by atomic mass is 9.92. The Labute approximate surface area is 198 Å². The molecule has 1 heterocycles. The predicted octanol–water partition coefficient (Wildman–Crippen LogP) is 4.64. The zero-order chi connectivity index (χ0) is 25.3. The van der Waals surface area contributed by atoms with Crippen molar-refractivity contribution >= 4 is 17.4 Å². The lowest BCUT2D eigenvalue weighted by molar-refractivity contribution is -0.137. The van der Waals surface area contributed by atoms with E-state index in [0.29, 0.717) is 30.0 Å². The number of hydrogen-bond acceptors (Lipinski definition) is 5. The van der Waals surface area contributed by atoms with Gasteiger partial charge in [-0.25, -0.2) is 0 Å². The van der Waals surface area contributed by atoms with Gasteiger partial charge in [-0.2, -0.15) is 13.2 Å². The van der Waals surface area contributed by atoms with E-state index >= 15 is 0 Å². The number of fused-ring (bicyclic) bond motifs is 1. The van der Waals surface area contributed by atoms with E-state index in [1.807, 2.05) is 0 Å². The van der Waals surface area contributed by atoms with Crippen molar-refractivity contribution in [3.63, 3.8) is 0 Å². The fourth-order valence-corrected chi connectivity index (χ4v) is 4.03. The Bertz CT molecular complexity index is 1360. The summed E-state index contributed by atoms with van der Waals surface area (Å²) >= 11 is 0. The van der Waals surface area contributed by atoms with Crippen LogP contribution in [0, 0.1) is 0 Å². The van der Waals surface area contributed by atoms with Crippen LogP contribution in [0.25, 0.3) is 5.69 Å². The Balaban J connectivity index is 1.84. The van der Waals surface area contributed by atoms with Crippen LogP contribution in [-0.2, 0) is 12.6 Å². The molecule has 1 aliphatic rings. The van der Waals surface area contributed by atoms with Crippen LogP contribution in [0.1, 0.15) is 44.8 Å². The topological polar surface area (TPSA) is 86.6 Å². The molecule has 3 aromatic rings.